The lowest BCUT2D eigenvalue weighted by Crippen LogP contribution is -2.42. The first-order chi connectivity index (χ1) is 21.1. The molecule has 0 radical (unpaired) electrons. The summed E-state index contributed by atoms with van der Waals surface area (Å²) in [5.74, 6) is 1.61. The summed E-state index contributed by atoms with van der Waals surface area (Å²) in [7, 11) is -1.93. The highest BCUT2D eigenvalue weighted by molar-refractivity contribution is 7.90. The number of aromatic nitrogens is 4. The van der Waals surface area contributed by atoms with E-state index in [4.69, 9.17) is 19.6 Å². The predicted molar refractivity (Wildman–Crippen MR) is 162 cm³/mol. The zero-order chi connectivity index (χ0) is 31.3. The minimum atomic E-state index is -3.45. The van der Waals surface area contributed by atoms with Gasteiger partial charge in [0, 0.05) is 36.7 Å². The maximum Gasteiger partial charge on any atom is 0.251 e. The fraction of sp³-hybridized carbons (Fsp3) is 0.300. The molecule has 1 aliphatic heterocycles. The number of sulfone groups is 1. The van der Waals surface area contributed by atoms with Gasteiger partial charge in [-0.3, -0.25) is 9.59 Å². The Kier molecular flexibility index (Phi) is 9.09. The van der Waals surface area contributed by atoms with Crippen LogP contribution in [0.1, 0.15) is 29.1 Å². The van der Waals surface area contributed by atoms with Crippen LogP contribution in [0.5, 0.6) is 11.5 Å². The van der Waals surface area contributed by atoms with Gasteiger partial charge in [0.2, 0.25) is 5.91 Å². The van der Waals surface area contributed by atoms with Crippen molar-refractivity contribution in [2.45, 2.75) is 24.4 Å². The third-order valence-electron chi connectivity index (χ3n) is 6.96. The Morgan fingerprint density at radius 1 is 1.02 bits per heavy atom. The second-order valence-corrected chi connectivity index (χ2v) is 12.2. The van der Waals surface area contributed by atoms with Crippen molar-refractivity contribution in [3.63, 3.8) is 0 Å². The van der Waals surface area contributed by atoms with Gasteiger partial charge in [0.25, 0.3) is 5.91 Å². The number of hydrogen-bond donors (Lipinski definition) is 2. The van der Waals surface area contributed by atoms with Gasteiger partial charge in [-0.1, -0.05) is 30.3 Å². The molecule has 44 heavy (non-hydrogen) atoms. The zero-order valence-corrected chi connectivity index (χ0v) is 25.4. The van der Waals surface area contributed by atoms with Crippen molar-refractivity contribution >= 4 is 27.5 Å². The van der Waals surface area contributed by atoms with E-state index in [1.165, 1.54) is 25.4 Å². The summed E-state index contributed by atoms with van der Waals surface area (Å²) < 4.78 is 37.1. The molecular weight excluding hydrogens is 586 g/mol. The largest absolute Gasteiger partial charge is 0.493 e. The fourth-order valence-electron chi connectivity index (χ4n) is 4.71. The third-order valence-corrected chi connectivity index (χ3v) is 8.06. The molecule has 2 amide bonds. The summed E-state index contributed by atoms with van der Waals surface area (Å²) in [5, 5.41) is 10.5. The quantitative estimate of drug-likeness (QED) is 0.347. The molecule has 0 saturated carbocycles. The second kappa shape index (κ2) is 13.1. The van der Waals surface area contributed by atoms with Crippen molar-refractivity contribution in [1.82, 2.24) is 30.4 Å². The number of amides is 2. The molecule has 2 aromatic heterocycles. The van der Waals surface area contributed by atoms with E-state index in [0.29, 0.717) is 41.1 Å². The maximum atomic E-state index is 13.3. The highest BCUT2D eigenvalue weighted by atomic mass is 32.2. The Labute approximate surface area is 255 Å². The van der Waals surface area contributed by atoms with Gasteiger partial charge in [0.05, 0.1) is 31.1 Å². The highest BCUT2D eigenvalue weighted by Gasteiger charge is 2.22. The molecule has 0 saturated heterocycles. The smallest absolute Gasteiger partial charge is 0.251 e. The van der Waals surface area contributed by atoms with Crippen LogP contribution in [0.2, 0.25) is 0 Å². The molecule has 1 aliphatic rings. The van der Waals surface area contributed by atoms with Crippen LogP contribution in [0.25, 0.3) is 11.4 Å². The topological polar surface area (TPSA) is 158 Å². The second-order valence-electron chi connectivity index (χ2n) is 10.2. The molecule has 4 aromatic rings. The molecule has 1 atom stereocenters. The zero-order valence-electron chi connectivity index (χ0n) is 24.6. The lowest BCUT2D eigenvalue weighted by molar-refractivity contribution is -0.120. The number of nitrogens with zero attached hydrogens (tertiary/aromatic N) is 5. The Morgan fingerprint density at radius 3 is 2.52 bits per heavy atom. The number of benzene rings is 2. The Balaban J connectivity index is 1.49. The lowest BCUT2D eigenvalue weighted by atomic mass is 10.2. The molecule has 5 rings (SSSR count). The molecule has 230 valence electrons. The van der Waals surface area contributed by atoms with Crippen LogP contribution < -0.4 is 25.0 Å². The van der Waals surface area contributed by atoms with E-state index in [1.807, 2.05) is 37.3 Å². The summed E-state index contributed by atoms with van der Waals surface area (Å²) in [5.41, 5.74) is 1.19. The van der Waals surface area contributed by atoms with Crippen LogP contribution in [0, 0.1) is 0 Å². The summed E-state index contributed by atoms with van der Waals surface area (Å²) >= 11 is 0. The number of hydrogen-bond acceptors (Lipinski definition) is 10. The number of anilines is 1. The first-order valence-corrected chi connectivity index (χ1v) is 15.8. The van der Waals surface area contributed by atoms with Crippen LogP contribution in [-0.4, -0.2) is 79.6 Å². The number of fused-ring (bicyclic) bond motifs is 3. The monoisotopic (exact) mass is 619 g/mol. The van der Waals surface area contributed by atoms with E-state index in [2.05, 4.69) is 15.6 Å². The Bertz CT molecular complexity index is 1740. The first kappa shape index (κ1) is 30.5. The molecule has 2 bridgehead atoms. The van der Waals surface area contributed by atoms with Crippen molar-refractivity contribution in [2.75, 3.05) is 44.5 Å². The molecule has 3 heterocycles. The van der Waals surface area contributed by atoms with E-state index in [-0.39, 0.29) is 43.0 Å². The standard InChI is InChI=1S/C30H33N7O6S/c1-20-29-34-28(21-7-5-4-6-8-21)35-37(29)15-16-43-25-17-22(9-11-24(25)42-2)30(39)31-13-14-36(19-27(38)33-20)26-12-10-23(18-32-26)44(3,40)41/h4-12,17-18,20H,13-16,19H2,1-3H3,(H,31,39)(H,33,38)/t20-/m1/s1. The van der Waals surface area contributed by atoms with Crippen LogP contribution in [0.3, 0.4) is 0 Å². The molecule has 0 fully saturated rings. The normalized spacial score (nSPS) is 16.6. The number of carbonyl (C=O) groups is 2. The van der Waals surface area contributed by atoms with Crippen molar-refractivity contribution < 1.29 is 27.5 Å². The van der Waals surface area contributed by atoms with Crippen LogP contribution in [-0.2, 0) is 21.2 Å². The lowest BCUT2D eigenvalue weighted by Gasteiger charge is -2.24. The Hall–Kier alpha value is -4.98. The number of pyridine rings is 1. The first-order valence-electron chi connectivity index (χ1n) is 13.9. The van der Waals surface area contributed by atoms with Gasteiger partial charge < -0.3 is 25.0 Å². The van der Waals surface area contributed by atoms with Crippen LogP contribution in [0.4, 0.5) is 5.82 Å². The van der Waals surface area contributed by atoms with Gasteiger partial charge in [0.15, 0.2) is 27.2 Å². The molecule has 14 heteroatoms. The van der Waals surface area contributed by atoms with E-state index >= 15 is 0 Å². The predicted octanol–water partition coefficient (Wildman–Crippen LogP) is 2.26. The molecule has 0 aliphatic carbocycles. The molecule has 2 aromatic carbocycles. The minimum absolute atomic E-state index is 0.0594. The third kappa shape index (κ3) is 7.14. The summed E-state index contributed by atoms with van der Waals surface area (Å²) in [4.78, 5) is 37.1. The van der Waals surface area contributed by atoms with Gasteiger partial charge >= 0.3 is 0 Å². The number of nitrogens with one attached hydrogen (secondary N) is 2. The van der Waals surface area contributed by atoms with Crippen molar-refractivity contribution in [2.24, 2.45) is 0 Å². The van der Waals surface area contributed by atoms with E-state index < -0.39 is 15.9 Å². The SMILES string of the molecule is COc1ccc2cc1OCCn1nc(-c3ccccc3)nc1[C@@H](C)NC(=O)CN(c1ccc(S(C)(=O)=O)cn1)CCNC2=O. The Morgan fingerprint density at radius 2 is 1.82 bits per heavy atom. The van der Waals surface area contributed by atoms with Crippen molar-refractivity contribution in [3.8, 4) is 22.9 Å². The fourth-order valence-corrected chi connectivity index (χ4v) is 5.27. The van der Waals surface area contributed by atoms with Crippen molar-refractivity contribution in [1.29, 1.82) is 0 Å². The average molecular weight is 620 g/mol. The maximum absolute atomic E-state index is 13.3. The molecule has 0 spiro atoms. The molecule has 13 nitrogen and oxygen atoms in total. The van der Waals surface area contributed by atoms with Gasteiger partial charge in [-0.25, -0.2) is 23.1 Å². The van der Waals surface area contributed by atoms with Crippen molar-refractivity contribution in [3.05, 3.63) is 78.2 Å². The summed E-state index contributed by atoms with van der Waals surface area (Å²) in [6.45, 7) is 2.59. The van der Waals surface area contributed by atoms with Gasteiger partial charge in [-0.05, 0) is 37.3 Å². The number of ether oxygens (including phenoxy) is 2. The van der Waals surface area contributed by atoms with E-state index in [0.717, 1.165) is 11.8 Å². The van der Waals surface area contributed by atoms with Crippen LogP contribution >= 0.6 is 0 Å². The summed E-state index contributed by atoms with van der Waals surface area (Å²) in [6.07, 6.45) is 2.35. The van der Waals surface area contributed by atoms with E-state index in [1.54, 1.807) is 27.8 Å². The van der Waals surface area contributed by atoms with Gasteiger partial charge in [-0.2, -0.15) is 5.10 Å². The number of methoxy groups -OCH3 is 1. The molecule has 0 unspecified atom stereocenters. The van der Waals surface area contributed by atoms with Gasteiger partial charge in [0.1, 0.15) is 18.2 Å². The number of rotatable bonds is 4. The van der Waals surface area contributed by atoms with E-state index in [9.17, 15) is 18.0 Å². The summed E-state index contributed by atoms with van der Waals surface area (Å²) in [6, 6.07) is 16.9. The molecular formula is C30H33N7O6S. The van der Waals surface area contributed by atoms with Gasteiger partial charge in [-0.15, -0.1) is 0 Å². The van der Waals surface area contributed by atoms with Crippen LogP contribution in [0.15, 0.2) is 71.8 Å². The molecule has 2 N–H and O–H groups in total. The number of carbonyl (C=O) groups excluding carboxylic acids is 2. The average Bonchev–Trinajstić information content (AvgIpc) is 3.44. The highest BCUT2D eigenvalue weighted by Crippen LogP contribution is 2.28. The minimum Gasteiger partial charge on any atom is -0.493 e.